The van der Waals surface area contributed by atoms with Gasteiger partial charge >= 0.3 is 0 Å². The lowest BCUT2D eigenvalue weighted by Crippen LogP contribution is -2.22. The van der Waals surface area contributed by atoms with Gasteiger partial charge in [-0.1, -0.05) is 31.2 Å². The number of ether oxygens (including phenoxy) is 3. The lowest BCUT2D eigenvalue weighted by molar-refractivity contribution is 0.414. The van der Waals surface area contributed by atoms with Crippen molar-refractivity contribution >= 4 is 16.7 Å². The maximum atomic E-state index is 9.34. The van der Waals surface area contributed by atoms with Crippen molar-refractivity contribution in [2.75, 3.05) is 19.1 Å². The summed E-state index contributed by atoms with van der Waals surface area (Å²) in [6.45, 7) is 3.37. The van der Waals surface area contributed by atoms with Crippen molar-refractivity contribution in [3.63, 3.8) is 0 Å². The lowest BCUT2D eigenvalue weighted by atomic mass is 10.1. The maximum absolute atomic E-state index is 9.34. The standard InChI is InChI=1S/C33H32N4O3/c1-5-26-16-25(19-34)10-15-32(26)40-29-17-30-33(35-22-36(30)2)31(18-29)37(20-23-6-11-27(38-3)12-7-23)21-24-8-13-28(39-4)14-9-24/h6-18,22H,5,20-21H2,1-4H3. The van der Waals surface area contributed by atoms with Crippen LogP contribution in [0.1, 0.15) is 29.2 Å². The van der Waals surface area contributed by atoms with Gasteiger partial charge in [0.05, 0.1) is 43.4 Å². The van der Waals surface area contributed by atoms with E-state index in [2.05, 4.69) is 48.2 Å². The molecule has 1 heterocycles. The summed E-state index contributed by atoms with van der Waals surface area (Å²) < 4.78 is 19.2. The second kappa shape index (κ2) is 11.8. The highest BCUT2D eigenvalue weighted by Crippen LogP contribution is 2.36. The molecule has 0 aliphatic heterocycles. The average Bonchev–Trinajstić information content (AvgIpc) is 3.37. The number of aromatic nitrogens is 2. The summed E-state index contributed by atoms with van der Waals surface area (Å²) in [6.07, 6.45) is 2.59. The molecule has 0 spiro atoms. The van der Waals surface area contributed by atoms with E-state index in [4.69, 9.17) is 19.2 Å². The van der Waals surface area contributed by atoms with Crippen LogP contribution in [0.5, 0.6) is 23.0 Å². The first-order valence-electron chi connectivity index (χ1n) is 13.2. The first-order valence-corrected chi connectivity index (χ1v) is 13.2. The molecule has 0 bridgehead atoms. The minimum absolute atomic E-state index is 0.622. The number of hydrogen-bond donors (Lipinski definition) is 0. The van der Waals surface area contributed by atoms with Crippen LogP contribution in [0, 0.1) is 11.3 Å². The molecule has 5 aromatic rings. The second-order valence-corrected chi connectivity index (χ2v) is 9.61. The van der Waals surface area contributed by atoms with E-state index < -0.39 is 0 Å². The summed E-state index contributed by atoms with van der Waals surface area (Å²) in [7, 11) is 5.33. The number of anilines is 1. The van der Waals surface area contributed by atoms with Gasteiger partial charge in [-0.25, -0.2) is 4.98 Å². The average molecular weight is 533 g/mol. The number of imidazole rings is 1. The monoisotopic (exact) mass is 532 g/mol. The number of nitrogens with zero attached hydrogens (tertiary/aromatic N) is 4. The van der Waals surface area contributed by atoms with Crippen molar-refractivity contribution in [1.82, 2.24) is 9.55 Å². The highest BCUT2D eigenvalue weighted by Gasteiger charge is 2.18. The van der Waals surface area contributed by atoms with Crippen molar-refractivity contribution in [3.8, 4) is 29.1 Å². The van der Waals surface area contributed by atoms with E-state index in [1.54, 1.807) is 20.3 Å². The van der Waals surface area contributed by atoms with Gasteiger partial charge < -0.3 is 23.7 Å². The topological polar surface area (TPSA) is 72.5 Å². The summed E-state index contributed by atoms with van der Waals surface area (Å²) >= 11 is 0. The Morgan fingerprint density at radius 1 is 0.825 bits per heavy atom. The molecular formula is C33H32N4O3. The van der Waals surface area contributed by atoms with Crippen LogP contribution in [0.15, 0.2) is 85.2 Å². The molecule has 0 aliphatic rings. The zero-order chi connectivity index (χ0) is 28.1. The molecule has 0 atom stereocenters. The van der Waals surface area contributed by atoms with Crippen LogP contribution in [-0.4, -0.2) is 23.8 Å². The van der Waals surface area contributed by atoms with Crippen LogP contribution in [0.25, 0.3) is 11.0 Å². The Bertz CT molecular complexity index is 1600. The molecular weight excluding hydrogens is 500 g/mol. The fourth-order valence-corrected chi connectivity index (χ4v) is 4.77. The predicted octanol–water partition coefficient (Wildman–Crippen LogP) is 7.02. The SMILES string of the molecule is CCc1cc(C#N)ccc1Oc1cc(N(Cc2ccc(OC)cc2)Cc2ccc(OC)cc2)c2ncn(C)c2c1. The van der Waals surface area contributed by atoms with Crippen LogP contribution >= 0.6 is 0 Å². The number of hydrogen-bond acceptors (Lipinski definition) is 6. The summed E-state index contributed by atoms with van der Waals surface area (Å²) in [6, 6.07) is 28.1. The van der Waals surface area contributed by atoms with E-state index in [0.717, 1.165) is 57.1 Å². The van der Waals surface area contributed by atoms with E-state index in [-0.39, 0.29) is 0 Å². The quantitative estimate of drug-likeness (QED) is 0.192. The molecule has 0 radical (unpaired) electrons. The highest BCUT2D eigenvalue weighted by atomic mass is 16.5. The van der Waals surface area contributed by atoms with Gasteiger partial charge in [0, 0.05) is 32.3 Å². The summed E-state index contributed by atoms with van der Waals surface area (Å²) in [4.78, 5) is 7.08. The van der Waals surface area contributed by atoms with Crippen molar-refractivity contribution in [1.29, 1.82) is 5.26 Å². The maximum Gasteiger partial charge on any atom is 0.131 e. The van der Waals surface area contributed by atoms with Crippen LogP contribution in [0.2, 0.25) is 0 Å². The molecule has 0 amide bonds. The van der Waals surface area contributed by atoms with E-state index in [1.165, 1.54) is 0 Å². The Hall–Kier alpha value is -4.96. The van der Waals surface area contributed by atoms with Gasteiger partial charge in [0.1, 0.15) is 28.5 Å². The normalized spacial score (nSPS) is 10.8. The zero-order valence-corrected chi connectivity index (χ0v) is 23.2. The molecule has 0 N–H and O–H groups in total. The van der Waals surface area contributed by atoms with Gasteiger partial charge in [-0.3, -0.25) is 0 Å². The number of benzene rings is 4. The Morgan fingerprint density at radius 3 is 2.00 bits per heavy atom. The molecule has 0 fully saturated rings. The fraction of sp³-hybridized carbons (Fsp3) is 0.212. The molecule has 5 rings (SSSR count). The minimum Gasteiger partial charge on any atom is -0.497 e. The van der Waals surface area contributed by atoms with Crippen LogP contribution in [0.4, 0.5) is 5.69 Å². The Kier molecular flexibility index (Phi) is 7.88. The fourth-order valence-electron chi connectivity index (χ4n) is 4.77. The molecule has 0 saturated heterocycles. The Morgan fingerprint density at radius 2 is 1.45 bits per heavy atom. The Balaban J connectivity index is 1.58. The van der Waals surface area contributed by atoms with Gasteiger partial charge in [0.2, 0.25) is 0 Å². The van der Waals surface area contributed by atoms with Crippen molar-refractivity contribution in [2.45, 2.75) is 26.4 Å². The van der Waals surface area contributed by atoms with Crippen molar-refractivity contribution in [2.24, 2.45) is 7.05 Å². The molecule has 0 aliphatic carbocycles. The predicted molar refractivity (Wildman–Crippen MR) is 157 cm³/mol. The van der Waals surface area contributed by atoms with E-state index >= 15 is 0 Å². The molecule has 7 nitrogen and oxygen atoms in total. The zero-order valence-electron chi connectivity index (χ0n) is 23.2. The number of nitriles is 1. The van der Waals surface area contributed by atoms with Gasteiger partial charge in [0.15, 0.2) is 0 Å². The van der Waals surface area contributed by atoms with Crippen molar-refractivity contribution in [3.05, 3.63) is 107 Å². The smallest absolute Gasteiger partial charge is 0.131 e. The Labute approximate surface area is 234 Å². The molecule has 0 unspecified atom stereocenters. The minimum atomic E-state index is 0.622. The van der Waals surface area contributed by atoms with Gasteiger partial charge in [0.25, 0.3) is 0 Å². The van der Waals surface area contributed by atoms with E-state index in [0.29, 0.717) is 24.4 Å². The summed E-state index contributed by atoms with van der Waals surface area (Å²) in [5, 5.41) is 9.34. The molecule has 0 saturated carbocycles. The number of aryl methyl sites for hydroxylation is 2. The number of fused-ring (bicyclic) bond motifs is 1. The third kappa shape index (κ3) is 5.71. The third-order valence-corrected chi connectivity index (χ3v) is 6.99. The number of methoxy groups -OCH3 is 2. The van der Waals surface area contributed by atoms with Gasteiger partial charge in [-0.05, 0) is 65.6 Å². The van der Waals surface area contributed by atoms with Crippen molar-refractivity contribution < 1.29 is 14.2 Å². The largest absolute Gasteiger partial charge is 0.497 e. The summed E-state index contributed by atoms with van der Waals surface area (Å²) in [5.74, 6) is 3.09. The second-order valence-electron chi connectivity index (χ2n) is 9.61. The lowest BCUT2D eigenvalue weighted by Gasteiger charge is -2.26. The highest BCUT2D eigenvalue weighted by molar-refractivity contribution is 5.90. The van der Waals surface area contributed by atoms with Gasteiger partial charge in [-0.15, -0.1) is 0 Å². The molecule has 4 aromatic carbocycles. The first-order chi connectivity index (χ1) is 19.5. The molecule has 7 heteroatoms. The third-order valence-electron chi connectivity index (χ3n) is 6.99. The van der Waals surface area contributed by atoms with E-state index in [1.807, 2.05) is 60.4 Å². The first kappa shape index (κ1) is 26.6. The molecule has 202 valence electrons. The summed E-state index contributed by atoms with van der Waals surface area (Å²) in [5.41, 5.74) is 6.72. The van der Waals surface area contributed by atoms with Gasteiger partial charge in [-0.2, -0.15) is 5.26 Å². The van der Waals surface area contributed by atoms with E-state index in [9.17, 15) is 5.26 Å². The number of rotatable bonds is 10. The molecule has 40 heavy (non-hydrogen) atoms. The van der Waals surface area contributed by atoms with Crippen LogP contribution < -0.4 is 19.1 Å². The van der Waals surface area contributed by atoms with Crippen LogP contribution in [0.3, 0.4) is 0 Å². The molecule has 1 aromatic heterocycles. The van der Waals surface area contributed by atoms with Crippen LogP contribution in [-0.2, 0) is 26.6 Å².